The lowest BCUT2D eigenvalue weighted by molar-refractivity contribution is -0.129. The molecule has 1 aromatic heterocycles. The van der Waals surface area contributed by atoms with Crippen LogP contribution in [-0.2, 0) is 11.2 Å². The molecule has 4 rings (SSSR count). The van der Waals surface area contributed by atoms with Gasteiger partial charge >= 0.3 is 0 Å². The Labute approximate surface area is 146 Å². The highest BCUT2D eigenvalue weighted by atomic mass is 19.1. The summed E-state index contributed by atoms with van der Waals surface area (Å²) in [5.41, 5.74) is 3.58. The Balaban J connectivity index is 1.53. The standard InChI is InChI=1S/C19H23FN4O/c1-12-18(7-19(25)23-10-14-8-21-9-15(14)11-23)13(2)24(22-12)17-5-3-16(20)4-6-17/h3-6,14-15,21H,7-11H2,1-2H3/t14-,15+. The van der Waals surface area contributed by atoms with Crippen molar-refractivity contribution in [1.82, 2.24) is 20.0 Å². The van der Waals surface area contributed by atoms with Gasteiger partial charge in [-0.05, 0) is 49.9 Å². The van der Waals surface area contributed by atoms with E-state index in [1.54, 1.807) is 16.8 Å². The van der Waals surface area contributed by atoms with E-state index in [9.17, 15) is 9.18 Å². The molecule has 2 saturated heterocycles. The number of carbonyl (C=O) groups excluding carboxylic acids is 1. The van der Waals surface area contributed by atoms with Crippen molar-refractivity contribution in [3.05, 3.63) is 47.0 Å². The Kier molecular flexibility index (Phi) is 4.07. The summed E-state index contributed by atoms with van der Waals surface area (Å²) < 4.78 is 14.9. The molecular weight excluding hydrogens is 319 g/mol. The summed E-state index contributed by atoms with van der Waals surface area (Å²) >= 11 is 0. The Morgan fingerprint density at radius 3 is 2.48 bits per heavy atom. The highest BCUT2D eigenvalue weighted by Gasteiger charge is 2.38. The molecule has 0 radical (unpaired) electrons. The fraction of sp³-hybridized carbons (Fsp3) is 0.474. The maximum atomic E-state index is 13.1. The molecule has 0 bridgehead atoms. The van der Waals surface area contributed by atoms with Crippen LogP contribution in [0.4, 0.5) is 4.39 Å². The maximum Gasteiger partial charge on any atom is 0.227 e. The van der Waals surface area contributed by atoms with E-state index in [4.69, 9.17) is 0 Å². The van der Waals surface area contributed by atoms with Crippen molar-refractivity contribution in [2.75, 3.05) is 26.2 Å². The van der Waals surface area contributed by atoms with E-state index in [0.29, 0.717) is 18.3 Å². The van der Waals surface area contributed by atoms with Crippen molar-refractivity contribution < 1.29 is 9.18 Å². The fourth-order valence-electron chi connectivity index (χ4n) is 4.09. The number of halogens is 1. The molecule has 0 spiro atoms. The number of aryl methyl sites for hydroxylation is 1. The van der Waals surface area contributed by atoms with Crippen LogP contribution >= 0.6 is 0 Å². The summed E-state index contributed by atoms with van der Waals surface area (Å²) in [5, 5.41) is 7.96. The van der Waals surface area contributed by atoms with E-state index in [1.807, 2.05) is 18.7 Å². The van der Waals surface area contributed by atoms with E-state index in [-0.39, 0.29) is 11.7 Å². The number of aromatic nitrogens is 2. The molecule has 1 N–H and O–H groups in total. The summed E-state index contributed by atoms with van der Waals surface area (Å²) in [4.78, 5) is 14.8. The van der Waals surface area contributed by atoms with Crippen LogP contribution in [0, 0.1) is 31.5 Å². The largest absolute Gasteiger partial charge is 0.342 e. The van der Waals surface area contributed by atoms with Crippen LogP contribution in [0.5, 0.6) is 0 Å². The second-order valence-electron chi connectivity index (χ2n) is 7.19. The topological polar surface area (TPSA) is 50.2 Å². The van der Waals surface area contributed by atoms with Crippen LogP contribution < -0.4 is 5.32 Å². The number of fused-ring (bicyclic) bond motifs is 1. The van der Waals surface area contributed by atoms with Gasteiger partial charge in [-0.15, -0.1) is 0 Å². The molecule has 1 aromatic carbocycles. The first-order chi connectivity index (χ1) is 12.0. The van der Waals surface area contributed by atoms with E-state index in [2.05, 4.69) is 10.4 Å². The molecule has 25 heavy (non-hydrogen) atoms. The summed E-state index contributed by atoms with van der Waals surface area (Å²) in [7, 11) is 0. The average Bonchev–Trinajstić information content (AvgIpc) is 3.25. The Morgan fingerprint density at radius 2 is 1.84 bits per heavy atom. The highest BCUT2D eigenvalue weighted by Crippen LogP contribution is 2.27. The van der Waals surface area contributed by atoms with Crippen LogP contribution in [-0.4, -0.2) is 46.8 Å². The number of hydrogen-bond donors (Lipinski definition) is 1. The van der Waals surface area contributed by atoms with Gasteiger partial charge in [0.05, 0.1) is 17.8 Å². The van der Waals surface area contributed by atoms with Crippen LogP contribution in [0.25, 0.3) is 5.69 Å². The minimum absolute atomic E-state index is 0.180. The van der Waals surface area contributed by atoms with E-state index in [1.165, 1.54) is 12.1 Å². The smallest absolute Gasteiger partial charge is 0.227 e. The lowest BCUT2D eigenvalue weighted by Gasteiger charge is -2.17. The molecule has 3 heterocycles. The third-order valence-electron chi connectivity index (χ3n) is 5.58. The molecule has 2 aromatic rings. The van der Waals surface area contributed by atoms with Gasteiger partial charge in [-0.2, -0.15) is 5.10 Å². The number of amides is 1. The monoisotopic (exact) mass is 342 g/mol. The zero-order chi connectivity index (χ0) is 17.6. The zero-order valence-corrected chi connectivity index (χ0v) is 14.6. The van der Waals surface area contributed by atoms with Gasteiger partial charge in [0.15, 0.2) is 0 Å². The van der Waals surface area contributed by atoms with Gasteiger partial charge in [0.1, 0.15) is 5.82 Å². The second kappa shape index (κ2) is 6.26. The van der Waals surface area contributed by atoms with Crippen LogP contribution in [0.15, 0.2) is 24.3 Å². The van der Waals surface area contributed by atoms with Gasteiger partial charge < -0.3 is 10.2 Å². The van der Waals surface area contributed by atoms with Gasteiger partial charge in [0.2, 0.25) is 5.91 Å². The van der Waals surface area contributed by atoms with E-state index in [0.717, 1.165) is 48.8 Å². The molecule has 2 fully saturated rings. The number of carbonyl (C=O) groups is 1. The third kappa shape index (κ3) is 2.95. The zero-order valence-electron chi connectivity index (χ0n) is 14.6. The molecule has 132 valence electrons. The molecule has 2 aliphatic rings. The second-order valence-corrected chi connectivity index (χ2v) is 7.19. The first-order valence-corrected chi connectivity index (χ1v) is 8.82. The number of rotatable bonds is 3. The molecule has 1 amide bonds. The minimum Gasteiger partial charge on any atom is -0.342 e. The minimum atomic E-state index is -0.269. The van der Waals surface area contributed by atoms with Crippen molar-refractivity contribution in [3.8, 4) is 5.69 Å². The number of nitrogens with one attached hydrogen (secondary N) is 1. The Hall–Kier alpha value is -2.21. The maximum absolute atomic E-state index is 13.1. The molecule has 2 aliphatic heterocycles. The fourth-order valence-corrected chi connectivity index (χ4v) is 4.09. The van der Waals surface area contributed by atoms with Crippen LogP contribution in [0.2, 0.25) is 0 Å². The van der Waals surface area contributed by atoms with Crippen LogP contribution in [0.1, 0.15) is 17.0 Å². The van der Waals surface area contributed by atoms with E-state index >= 15 is 0 Å². The number of likely N-dealkylation sites (tertiary alicyclic amines) is 1. The molecule has 6 heteroatoms. The quantitative estimate of drug-likeness (QED) is 0.926. The first-order valence-electron chi connectivity index (χ1n) is 8.82. The first kappa shape index (κ1) is 16.3. The summed E-state index contributed by atoms with van der Waals surface area (Å²) in [6, 6.07) is 6.26. The van der Waals surface area contributed by atoms with Gasteiger partial charge in [-0.1, -0.05) is 0 Å². The highest BCUT2D eigenvalue weighted by molar-refractivity contribution is 5.79. The molecule has 0 aliphatic carbocycles. The number of benzene rings is 1. The van der Waals surface area contributed by atoms with E-state index < -0.39 is 0 Å². The predicted octanol–water partition coefficient (Wildman–Crippen LogP) is 1.85. The summed E-state index contributed by atoms with van der Waals surface area (Å²) in [5.74, 6) is 1.12. The van der Waals surface area contributed by atoms with Gasteiger partial charge in [0, 0.05) is 37.4 Å². The third-order valence-corrected chi connectivity index (χ3v) is 5.58. The van der Waals surface area contributed by atoms with Crippen LogP contribution in [0.3, 0.4) is 0 Å². The van der Waals surface area contributed by atoms with Crippen molar-refractivity contribution in [2.45, 2.75) is 20.3 Å². The average molecular weight is 342 g/mol. The normalized spacial score (nSPS) is 22.4. The SMILES string of the molecule is Cc1nn(-c2ccc(F)cc2)c(C)c1CC(=O)N1C[C@H]2CNC[C@H]2C1. The molecule has 0 unspecified atom stereocenters. The van der Waals surface area contributed by atoms with Crippen molar-refractivity contribution in [3.63, 3.8) is 0 Å². The molecule has 2 atom stereocenters. The lowest BCUT2D eigenvalue weighted by Crippen LogP contribution is -2.33. The molecular formula is C19H23FN4O. The summed E-state index contributed by atoms with van der Waals surface area (Å²) in [6.07, 6.45) is 0.381. The Morgan fingerprint density at radius 1 is 1.20 bits per heavy atom. The number of hydrogen-bond acceptors (Lipinski definition) is 3. The number of nitrogens with zero attached hydrogens (tertiary/aromatic N) is 3. The van der Waals surface area contributed by atoms with Gasteiger partial charge in [0.25, 0.3) is 0 Å². The molecule has 0 saturated carbocycles. The molecule has 5 nitrogen and oxygen atoms in total. The van der Waals surface area contributed by atoms with Crippen molar-refractivity contribution in [1.29, 1.82) is 0 Å². The van der Waals surface area contributed by atoms with Gasteiger partial charge in [-0.3, -0.25) is 4.79 Å². The van der Waals surface area contributed by atoms with Gasteiger partial charge in [-0.25, -0.2) is 9.07 Å². The summed E-state index contributed by atoms with van der Waals surface area (Å²) in [6.45, 7) is 7.66. The Bertz CT molecular complexity index is 787. The lowest BCUT2D eigenvalue weighted by atomic mass is 10.0. The van der Waals surface area contributed by atoms with Crippen molar-refractivity contribution >= 4 is 5.91 Å². The predicted molar refractivity (Wildman–Crippen MR) is 93.1 cm³/mol. The van der Waals surface area contributed by atoms with Crippen molar-refractivity contribution in [2.24, 2.45) is 11.8 Å².